The normalized spacial score (nSPS) is 20.1. The number of anilines is 2. The van der Waals surface area contributed by atoms with Crippen LogP contribution < -0.4 is 16.1 Å². The average molecular weight is 400 g/mol. The van der Waals surface area contributed by atoms with E-state index in [0.717, 1.165) is 29.1 Å². The van der Waals surface area contributed by atoms with Crippen molar-refractivity contribution in [3.8, 4) is 0 Å². The number of benzene rings is 2. The predicted molar refractivity (Wildman–Crippen MR) is 119 cm³/mol. The molecule has 5 rings (SSSR count). The third-order valence-corrected chi connectivity index (χ3v) is 5.99. The molecule has 5 nitrogen and oxygen atoms in total. The molecular formula is C25H24N2O3. The smallest absolute Gasteiger partial charge is 0.198 e. The highest BCUT2D eigenvalue weighted by Crippen LogP contribution is 2.45. The third kappa shape index (κ3) is 3.02. The van der Waals surface area contributed by atoms with E-state index in [1.165, 1.54) is 6.26 Å². The van der Waals surface area contributed by atoms with Crippen molar-refractivity contribution >= 4 is 28.1 Å². The molecule has 5 heteroatoms. The fourth-order valence-electron chi connectivity index (χ4n) is 4.58. The zero-order chi connectivity index (χ0) is 21.0. The van der Waals surface area contributed by atoms with Crippen molar-refractivity contribution in [2.45, 2.75) is 39.7 Å². The molecule has 0 unspecified atom stereocenters. The first-order valence-corrected chi connectivity index (χ1v) is 10.2. The molecule has 0 saturated carbocycles. The summed E-state index contributed by atoms with van der Waals surface area (Å²) >= 11 is 0. The number of ketones is 1. The molecule has 0 saturated heterocycles. The Hall–Kier alpha value is -3.34. The van der Waals surface area contributed by atoms with Crippen LogP contribution in [0.2, 0.25) is 0 Å². The summed E-state index contributed by atoms with van der Waals surface area (Å²) in [4.78, 5) is 26.7. The summed E-state index contributed by atoms with van der Waals surface area (Å²) in [5.41, 5.74) is 5.00. The SMILES string of the molecule is Cc1ccc2occ([C@H]3Nc4ccccc4NC4=C3C(=O)CC(C)(C)C4)c(=O)c2c1. The van der Waals surface area contributed by atoms with E-state index in [4.69, 9.17) is 4.42 Å². The summed E-state index contributed by atoms with van der Waals surface area (Å²) in [5.74, 6) is 0.0581. The summed E-state index contributed by atoms with van der Waals surface area (Å²) in [6.07, 6.45) is 2.68. The van der Waals surface area contributed by atoms with Gasteiger partial charge in [-0.25, -0.2) is 0 Å². The van der Waals surface area contributed by atoms with E-state index in [0.29, 0.717) is 28.5 Å². The number of carbonyl (C=O) groups excluding carboxylic acids is 1. The van der Waals surface area contributed by atoms with Crippen LogP contribution in [0.15, 0.2) is 69.2 Å². The van der Waals surface area contributed by atoms with Gasteiger partial charge in [-0.2, -0.15) is 0 Å². The molecule has 1 atom stereocenters. The van der Waals surface area contributed by atoms with Crippen LogP contribution in [-0.2, 0) is 4.79 Å². The molecule has 1 aliphatic carbocycles. The fraction of sp³-hybridized carbons (Fsp3) is 0.280. The lowest BCUT2D eigenvalue weighted by Gasteiger charge is -2.33. The Kier molecular flexibility index (Phi) is 4.10. The van der Waals surface area contributed by atoms with Gasteiger partial charge in [-0.05, 0) is 43.0 Å². The van der Waals surface area contributed by atoms with Gasteiger partial charge in [-0.15, -0.1) is 0 Å². The highest BCUT2D eigenvalue weighted by Gasteiger charge is 2.39. The standard InChI is InChI=1S/C25H24N2O3/c1-14-8-9-21-15(10-14)24(29)16(13-30-21)23-22-19(11-25(2,3)12-20(22)28)26-17-6-4-5-7-18(17)27-23/h4-10,13,23,26-27H,11-12H2,1-3H3/t23-/m1/s1. The maximum atomic E-state index is 13.5. The molecule has 30 heavy (non-hydrogen) atoms. The molecule has 2 aromatic carbocycles. The molecule has 0 amide bonds. The molecule has 1 aromatic heterocycles. The van der Waals surface area contributed by atoms with E-state index < -0.39 is 6.04 Å². The van der Waals surface area contributed by atoms with Crippen molar-refractivity contribution in [1.82, 2.24) is 0 Å². The molecule has 2 aliphatic rings. The molecule has 0 spiro atoms. The van der Waals surface area contributed by atoms with Gasteiger partial charge < -0.3 is 15.1 Å². The molecule has 0 radical (unpaired) electrons. The summed E-state index contributed by atoms with van der Waals surface area (Å²) < 4.78 is 5.82. The van der Waals surface area contributed by atoms with E-state index in [-0.39, 0.29) is 16.6 Å². The lowest BCUT2D eigenvalue weighted by Crippen LogP contribution is -2.33. The molecular weight excluding hydrogens is 376 g/mol. The summed E-state index contributed by atoms with van der Waals surface area (Å²) in [7, 11) is 0. The van der Waals surface area contributed by atoms with Gasteiger partial charge in [0.15, 0.2) is 11.2 Å². The second-order valence-corrected chi connectivity index (χ2v) is 9.10. The lowest BCUT2D eigenvalue weighted by molar-refractivity contribution is -0.118. The predicted octanol–water partition coefficient (Wildman–Crippen LogP) is 5.32. The Labute approximate surface area is 174 Å². The van der Waals surface area contributed by atoms with E-state index in [9.17, 15) is 9.59 Å². The number of rotatable bonds is 1. The summed E-state index contributed by atoms with van der Waals surface area (Å²) in [6.45, 7) is 6.15. The van der Waals surface area contributed by atoms with Gasteiger partial charge >= 0.3 is 0 Å². The van der Waals surface area contributed by atoms with Crippen LogP contribution in [0.4, 0.5) is 11.4 Å². The van der Waals surface area contributed by atoms with Crippen LogP contribution in [-0.4, -0.2) is 5.78 Å². The van der Waals surface area contributed by atoms with Gasteiger partial charge in [0, 0.05) is 17.7 Å². The Morgan fingerprint density at radius 3 is 2.60 bits per heavy atom. The third-order valence-electron chi connectivity index (χ3n) is 5.99. The van der Waals surface area contributed by atoms with E-state index in [1.807, 2.05) is 49.4 Å². The van der Waals surface area contributed by atoms with Crippen molar-refractivity contribution < 1.29 is 9.21 Å². The van der Waals surface area contributed by atoms with Crippen LogP contribution in [0.1, 0.15) is 43.9 Å². The monoisotopic (exact) mass is 400 g/mol. The van der Waals surface area contributed by atoms with Gasteiger partial charge in [0.2, 0.25) is 0 Å². The Morgan fingerprint density at radius 1 is 1.03 bits per heavy atom. The maximum absolute atomic E-state index is 13.5. The number of para-hydroxylation sites is 2. The number of nitrogens with one attached hydrogen (secondary N) is 2. The number of Topliss-reactive ketones (excluding diaryl/α,β-unsaturated/α-hetero) is 1. The molecule has 0 bridgehead atoms. The molecule has 2 N–H and O–H groups in total. The van der Waals surface area contributed by atoms with Crippen LogP contribution in [0.25, 0.3) is 11.0 Å². The van der Waals surface area contributed by atoms with E-state index in [1.54, 1.807) is 0 Å². The molecule has 152 valence electrons. The Morgan fingerprint density at radius 2 is 1.80 bits per heavy atom. The fourth-order valence-corrected chi connectivity index (χ4v) is 4.58. The largest absolute Gasteiger partial charge is 0.464 e. The molecule has 2 heterocycles. The van der Waals surface area contributed by atoms with Crippen molar-refractivity contribution in [2.24, 2.45) is 5.41 Å². The Balaban J connectivity index is 1.75. The van der Waals surface area contributed by atoms with E-state index in [2.05, 4.69) is 24.5 Å². The second kappa shape index (κ2) is 6.59. The number of hydrogen-bond acceptors (Lipinski definition) is 5. The van der Waals surface area contributed by atoms with Crippen LogP contribution in [0.5, 0.6) is 0 Å². The number of fused-ring (bicyclic) bond motifs is 2. The van der Waals surface area contributed by atoms with Gasteiger partial charge in [0.25, 0.3) is 0 Å². The van der Waals surface area contributed by atoms with Crippen molar-refractivity contribution in [1.29, 1.82) is 0 Å². The number of aryl methyl sites for hydroxylation is 1. The first-order chi connectivity index (χ1) is 14.3. The molecule has 3 aromatic rings. The van der Waals surface area contributed by atoms with Gasteiger partial charge in [-0.1, -0.05) is 37.6 Å². The van der Waals surface area contributed by atoms with Gasteiger partial charge in [-0.3, -0.25) is 9.59 Å². The minimum atomic E-state index is -0.569. The lowest BCUT2D eigenvalue weighted by atomic mass is 9.73. The number of allylic oxidation sites excluding steroid dienone is 1. The highest BCUT2D eigenvalue weighted by molar-refractivity contribution is 6.01. The van der Waals surface area contributed by atoms with Crippen LogP contribution in [0, 0.1) is 12.3 Å². The molecule has 1 aliphatic heterocycles. The first kappa shape index (κ1) is 18.7. The maximum Gasteiger partial charge on any atom is 0.198 e. The van der Waals surface area contributed by atoms with Gasteiger partial charge in [0.05, 0.1) is 28.4 Å². The van der Waals surface area contributed by atoms with Crippen molar-refractivity contribution in [3.63, 3.8) is 0 Å². The minimum Gasteiger partial charge on any atom is -0.464 e. The first-order valence-electron chi connectivity index (χ1n) is 10.2. The average Bonchev–Trinajstić information content (AvgIpc) is 2.84. The summed E-state index contributed by atoms with van der Waals surface area (Å²) in [5, 5.41) is 7.46. The quantitative estimate of drug-likeness (QED) is 0.578. The molecule has 0 fully saturated rings. The van der Waals surface area contributed by atoms with E-state index >= 15 is 0 Å². The highest BCUT2D eigenvalue weighted by atomic mass is 16.3. The van der Waals surface area contributed by atoms with Crippen molar-refractivity contribution in [3.05, 3.63) is 81.3 Å². The Bertz CT molecular complexity index is 1280. The van der Waals surface area contributed by atoms with Crippen LogP contribution >= 0.6 is 0 Å². The topological polar surface area (TPSA) is 71.3 Å². The minimum absolute atomic E-state index is 0.0581. The van der Waals surface area contributed by atoms with Gasteiger partial charge in [0.1, 0.15) is 11.8 Å². The second-order valence-electron chi connectivity index (χ2n) is 9.10. The number of hydrogen-bond donors (Lipinski definition) is 2. The zero-order valence-corrected chi connectivity index (χ0v) is 17.3. The zero-order valence-electron chi connectivity index (χ0n) is 17.3. The number of carbonyl (C=O) groups is 1. The summed E-state index contributed by atoms with van der Waals surface area (Å²) in [6, 6.07) is 12.8. The van der Waals surface area contributed by atoms with Crippen molar-refractivity contribution in [2.75, 3.05) is 10.6 Å². The van der Waals surface area contributed by atoms with Crippen LogP contribution in [0.3, 0.4) is 0 Å².